The number of benzene rings is 1. The Morgan fingerprint density at radius 3 is 2.32 bits per heavy atom. The topological polar surface area (TPSA) is 77.0 Å². The molecule has 0 atom stereocenters. The highest BCUT2D eigenvalue weighted by Crippen LogP contribution is 2.27. The van der Waals surface area contributed by atoms with Crippen molar-refractivity contribution in [2.24, 2.45) is 0 Å². The molecule has 182 valence electrons. The second-order valence-corrected chi connectivity index (χ2v) is 9.30. The van der Waals surface area contributed by atoms with Crippen LogP contribution in [0, 0.1) is 0 Å². The maximum Gasteiger partial charge on any atom is 0.344 e. The molecule has 0 bridgehead atoms. The van der Waals surface area contributed by atoms with Crippen LogP contribution in [0.3, 0.4) is 0 Å². The van der Waals surface area contributed by atoms with Crippen LogP contribution >= 0.6 is 11.6 Å². The van der Waals surface area contributed by atoms with Crippen LogP contribution in [0.2, 0.25) is 5.02 Å². The molecule has 2 aliphatic rings. The first-order valence-corrected chi connectivity index (χ1v) is 12.0. The third kappa shape index (κ3) is 5.71. The van der Waals surface area contributed by atoms with Crippen LogP contribution in [-0.4, -0.2) is 88.8 Å². The molecule has 2 fully saturated rings. The first kappa shape index (κ1) is 24.1. The molecule has 1 aromatic heterocycles. The molecule has 1 aromatic carbocycles. The van der Waals surface area contributed by atoms with E-state index in [9.17, 15) is 9.59 Å². The quantitative estimate of drug-likeness (QED) is 0.701. The largest absolute Gasteiger partial charge is 0.368 e. The van der Waals surface area contributed by atoms with Gasteiger partial charge in [-0.15, -0.1) is 5.10 Å². The van der Waals surface area contributed by atoms with E-state index in [1.54, 1.807) is 19.2 Å². The third-order valence-corrected chi connectivity index (χ3v) is 6.51. The Morgan fingerprint density at radius 2 is 1.68 bits per heavy atom. The molecule has 2 amide bonds. The van der Waals surface area contributed by atoms with Crippen molar-refractivity contribution in [1.82, 2.24) is 24.5 Å². The summed E-state index contributed by atoms with van der Waals surface area (Å²) in [6.07, 6.45) is 1.67. The smallest absolute Gasteiger partial charge is 0.344 e. The van der Waals surface area contributed by atoms with Crippen LogP contribution in [0.1, 0.15) is 19.4 Å². The van der Waals surface area contributed by atoms with Gasteiger partial charge in [0, 0.05) is 94.5 Å². The summed E-state index contributed by atoms with van der Waals surface area (Å²) in [6, 6.07) is 7.69. The molecule has 10 heteroatoms. The zero-order valence-electron chi connectivity index (χ0n) is 19.8. The van der Waals surface area contributed by atoms with Crippen molar-refractivity contribution in [1.29, 1.82) is 0 Å². The maximum absolute atomic E-state index is 12.8. The molecule has 2 aliphatic heterocycles. The van der Waals surface area contributed by atoms with E-state index in [-0.39, 0.29) is 11.9 Å². The average Bonchev–Trinajstić information content (AvgIpc) is 3.28. The molecule has 9 nitrogen and oxygen atoms in total. The highest BCUT2D eigenvalue weighted by molar-refractivity contribution is 6.30. The van der Waals surface area contributed by atoms with Crippen molar-refractivity contribution in [2.45, 2.75) is 20.4 Å². The molecule has 1 N–H and O–H groups in total. The molecule has 3 heterocycles. The van der Waals surface area contributed by atoms with Gasteiger partial charge in [-0.05, 0) is 24.6 Å². The number of hydrogen-bond donors (Lipinski definition) is 1. The first-order chi connectivity index (χ1) is 16.3. The minimum atomic E-state index is -0.120. The van der Waals surface area contributed by atoms with E-state index >= 15 is 0 Å². The number of nitrogens with zero attached hydrogens (tertiary/aromatic N) is 6. The summed E-state index contributed by atoms with van der Waals surface area (Å²) < 4.78 is 1.37. The van der Waals surface area contributed by atoms with Crippen LogP contribution in [-0.2, 0) is 11.3 Å². The van der Waals surface area contributed by atoms with Gasteiger partial charge in [-0.2, -0.15) is 4.68 Å². The summed E-state index contributed by atoms with van der Waals surface area (Å²) >= 11 is 6.33. The Bertz CT molecular complexity index is 1050. The summed E-state index contributed by atoms with van der Waals surface area (Å²) in [4.78, 5) is 32.9. The van der Waals surface area contributed by atoms with Gasteiger partial charge < -0.3 is 20.0 Å². The van der Waals surface area contributed by atoms with Gasteiger partial charge in [-0.3, -0.25) is 9.69 Å². The predicted octanol–water partition coefficient (Wildman–Crippen LogP) is 2.94. The van der Waals surface area contributed by atoms with E-state index in [1.807, 2.05) is 28.9 Å². The van der Waals surface area contributed by atoms with E-state index in [2.05, 4.69) is 32.9 Å². The molecular formula is C24H32ClN7O2. The summed E-state index contributed by atoms with van der Waals surface area (Å²) in [5.41, 5.74) is 3.11. The number of halogens is 1. The van der Waals surface area contributed by atoms with E-state index in [4.69, 9.17) is 11.6 Å². The van der Waals surface area contributed by atoms with Crippen LogP contribution in [0.5, 0.6) is 0 Å². The fraction of sp³-hybridized carbons (Fsp3) is 0.458. The monoisotopic (exact) mass is 485 g/mol. The number of anilines is 2. The van der Waals surface area contributed by atoms with E-state index in [0.717, 1.165) is 57.2 Å². The molecule has 2 saturated heterocycles. The predicted molar refractivity (Wildman–Crippen MR) is 134 cm³/mol. The summed E-state index contributed by atoms with van der Waals surface area (Å²) in [6.45, 7) is 13.9. The van der Waals surface area contributed by atoms with E-state index < -0.39 is 0 Å². The number of hydrogen-bond acceptors (Lipinski definition) is 6. The highest BCUT2D eigenvalue weighted by atomic mass is 35.5. The Hall–Kier alpha value is -3.04. The molecule has 0 saturated carbocycles. The van der Waals surface area contributed by atoms with Gasteiger partial charge in [0.25, 0.3) is 0 Å². The minimum absolute atomic E-state index is 0.120. The number of piperazine rings is 2. The summed E-state index contributed by atoms with van der Waals surface area (Å²) in [5, 5.41) is 8.03. The highest BCUT2D eigenvalue weighted by Gasteiger charge is 2.25. The van der Waals surface area contributed by atoms with Crippen LogP contribution in [0.15, 0.2) is 42.7 Å². The molecule has 34 heavy (non-hydrogen) atoms. The second-order valence-electron chi connectivity index (χ2n) is 8.86. The van der Waals surface area contributed by atoms with Gasteiger partial charge in [0.2, 0.25) is 5.91 Å². The summed E-state index contributed by atoms with van der Waals surface area (Å²) in [5.74, 6) is 0.732. The number of carbonyl (C=O) groups is 2. The first-order valence-electron chi connectivity index (χ1n) is 11.6. The number of allylic oxidation sites excluding steroid dienone is 1. The number of rotatable bonds is 5. The fourth-order valence-corrected chi connectivity index (χ4v) is 4.59. The van der Waals surface area contributed by atoms with Crippen molar-refractivity contribution in [3.05, 3.63) is 53.3 Å². The Morgan fingerprint density at radius 1 is 1.00 bits per heavy atom. The average molecular weight is 486 g/mol. The Balaban J connectivity index is 1.35. The van der Waals surface area contributed by atoms with Crippen molar-refractivity contribution in [3.8, 4) is 0 Å². The lowest BCUT2D eigenvalue weighted by atomic mass is 10.1. The number of nitrogens with one attached hydrogen (secondary N) is 1. The van der Waals surface area contributed by atoms with Gasteiger partial charge in [-0.25, -0.2) is 4.79 Å². The normalized spacial score (nSPS) is 17.1. The Kier molecular flexibility index (Phi) is 7.43. The minimum Gasteiger partial charge on any atom is -0.368 e. The Labute approximate surface area is 205 Å². The number of aromatic nitrogens is 2. The van der Waals surface area contributed by atoms with E-state index in [1.165, 1.54) is 10.2 Å². The van der Waals surface area contributed by atoms with Crippen molar-refractivity contribution >= 4 is 35.0 Å². The van der Waals surface area contributed by atoms with Crippen molar-refractivity contribution in [3.63, 3.8) is 0 Å². The molecule has 0 unspecified atom stereocenters. The van der Waals surface area contributed by atoms with Crippen LogP contribution in [0.25, 0.3) is 0 Å². The zero-order chi connectivity index (χ0) is 24.2. The van der Waals surface area contributed by atoms with Crippen LogP contribution < -0.4 is 10.2 Å². The second kappa shape index (κ2) is 10.5. The number of amides is 2. The molecule has 4 rings (SSSR count). The lowest BCUT2D eigenvalue weighted by Gasteiger charge is -2.38. The summed E-state index contributed by atoms with van der Waals surface area (Å²) in [7, 11) is 0. The molecular weight excluding hydrogens is 454 g/mol. The maximum atomic E-state index is 12.8. The molecule has 0 spiro atoms. The van der Waals surface area contributed by atoms with Gasteiger partial charge in [-0.1, -0.05) is 24.2 Å². The molecule has 0 aliphatic carbocycles. The SMILES string of the molecule is C=C(C)Nc1ccn(C(=O)N2CCN(Cc3ccc(Cl)cc3N3CCN(C(C)=O)CC3)CC2)n1. The van der Waals surface area contributed by atoms with Crippen molar-refractivity contribution < 1.29 is 9.59 Å². The lowest BCUT2D eigenvalue weighted by molar-refractivity contribution is -0.129. The molecule has 0 radical (unpaired) electrons. The van der Waals surface area contributed by atoms with E-state index in [0.29, 0.717) is 23.9 Å². The number of carbonyl (C=O) groups excluding carboxylic acids is 2. The van der Waals surface area contributed by atoms with Gasteiger partial charge in [0.1, 0.15) is 0 Å². The standard InChI is InChI=1S/C24H32ClN7O2/c1-18(2)26-23-6-7-32(27-23)24(34)31-10-8-28(9-11-31)17-20-4-5-21(25)16-22(20)30-14-12-29(13-15-30)19(3)33/h4-7,16H,1,8-15,17H2,2-3H3,(H,26,27). The fourth-order valence-electron chi connectivity index (χ4n) is 4.43. The van der Waals surface area contributed by atoms with Crippen LogP contribution in [0.4, 0.5) is 16.3 Å². The van der Waals surface area contributed by atoms with Gasteiger partial charge in [0.05, 0.1) is 0 Å². The lowest BCUT2D eigenvalue weighted by Crippen LogP contribution is -2.50. The van der Waals surface area contributed by atoms with Crippen molar-refractivity contribution in [2.75, 3.05) is 62.6 Å². The molecule has 2 aromatic rings. The van der Waals surface area contributed by atoms with Gasteiger partial charge in [0.15, 0.2) is 5.82 Å². The van der Waals surface area contributed by atoms with Gasteiger partial charge >= 0.3 is 6.03 Å². The zero-order valence-corrected chi connectivity index (χ0v) is 20.6. The third-order valence-electron chi connectivity index (χ3n) is 6.28.